The molecule has 0 amide bonds. The average Bonchev–Trinajstić information content (AvgIpc) is 3.48. The first-order chi connectivity index (χ1) is 37.7. The third-order valence-electron chi connectivity index (χ3n) is 13.6. The standard InChI is InChI=1S/C72H62F4S2/c1-51-21-15-29-59(41-51)71(60-30-16-22-52(2)42-60,61-31-17-23-53(3)43-61)37-35-65-67(73)47-57(48-68(65)74)27-11-7-9-13-39-77-78-40-14-10-8-12-28-58-49-69(75)66(70(76)50-58)36-38-72(62-32-18-24-54(4)44-62,63-33-19-25-55(5)45-63)64-34-20-26-56(6)46-64/h15-26,29-34,41-50H,7-10,13-14,39-40H2,1-6H3. The van der Waals surface area contributed by atoms with E-state index in [9.17, 15) is 0 Å². The summed E-state index contributed by atoms with van der Waals surface area (Å²) < 4.78 is 63.2. The van der Waals surface area contributed by atoms with Gasteiger partial charge in [-0.1, -0.05) is 248 Å². The first kappa shape index (κ1) is 56.6. The zero-order valence-corrected chi connectivity index (χ0v) is 46.8. The fourth-order valence-corrected chi connectivity index (χ4v) is 12.0. The second kappa shape index (κ2) is 26.7. The van der Waals surface area contributed by atoms with Gasteiger partial charge in [-0.2, -0.15) is 0 Å². The first-order valence-electron chi connectivity index (χ1n) is 26.4. The lowest BCUT2D eigenvalue weighted by Gasteiger charge is -2.32. The van der Waals surface area contributed by atoms with Gasteiger partial charge in [0, 0.05) is 35.5 Å². The maximum Gasteiger partial charge on any atom is 0.143 e. The quantitative estimate of drug-likeness (QED) is 0.0330. The van der Waals surface area contributed by atoms with Gasteiger partial charge in [0.1, 0.15) is 34.1 Å². The molecule has 0 spiro atoms. The third kappa shape index (κ3) is 13.9. The van der Waals surface area contributed by atoms with Gasteiger partial charge in [0.25, 0.3) is 0 Å². The summed E-state index contributed by atoms with van der Waals surface area (Å²) >= 11 is 0. The van der Waals surface area contributed by atoms with Crippen LogP contribution in [0.4, 0.5) is 17.6 Å². The number of benzene rings is 8. The summed E-state index contributed by atoms with van der Waals surface area (Å²) in [5, 5.41) is 0. The zero-order valence-electron chi connectivity index (χ0n) is 45.2. The monoisotopic (exact) mass is 1070 g/mol. The Labute approximate surface area is 468 Å². The number of aryl methyl sites for hydroxylation is 6. The number of hydrogen-bond donors (Lipinski definition) is 0. The van der Waals surface area contributed by atoms with Crippen LogP contribution in [0.3, 0.4) is 0 Å². The van der Waals surface area contributed by atoms with Crippen LogP contribution in [0.15, 0.2) is 170 Å². The fourth-order valence-electron chi connectivity index (χ4n) is 9.74. The Hall–Kier alpha value is -7.58. The van der Waals surface area contributed by atoms with Crippen LogP contribution in [-0.2, 0) is 10.8 Å². The highest BCUT2D eigenvalue weighted by Gasteiger charge is 2.37. The lowest BCUT2D eigenvalue weighted by molar-refractivity contribution is 0.576. The second-order valence-electron chi connectivity index (χ2n) is 20.0. The first-order valence-corrected chi connectivity index (χ1v) is 28.9. The molecular weight excluding hydrogens is 1000 g/mol. The highest BCUT2D eigenvalue weighted by molar-refractivity contribution is 8.76. The Morgan fingerprint density at radius 1 is 0.333 bits per heavy atom. The van der Waals surface area contributed by atoms with Gasteiger partial charge in [0.15, 0.2) is 0 Å². The summed E-state index contributed by atoms with van der Waals surface area (Å²) in [6, 6.07) is 54.0. The molecule has 0 aliphatic carbocycles. The predicted molar refractivity (Wildman–Crippen MR) is 320 cm³/mol. The minimum Gasteiger partial charge on any atom is -0.205 e. The van der Waals surface area contributed by atoms with Gasteiger partial charge < -0.3 is 0 Å². The molecule has 390 valence electrons. The molecule has 0 aliphatic heterocycles. The topological polar surface area (TPSA) is 0 Å². The molecule has 0 bridgehead atoms. The number of hydrogen-bond acceptors (Lipinski definition) is 2. The van der Waals surface area contributed by atoms with Gasteiger partial charge in [0.2, 0.25) is 0 Å². The zero-order chi connectivity index (χ0) is 55.1. The van der Waals surface area contributed by atoms with E-state index in [1.54, 1.807) is 0 Å². The smallest absolute Gasteiger partial charge is 0.143 e. The number of rotatable bonds is 15. The lowest BCUT2D eigenvalue weighted by atomic mass is 9.69. The summed E-state index contributed by atoms with van der Waals surface area (Å²) in [6.07, 6.45) is 4.89. The maximum absolute atomic E-state index is 15.8. The van der Waals surface area contributed by atoms with Gasteiger partial charge in [-0.05, 0) is 125 Å². The molecule has 8 aromatic rings. The van der Waals surface area contributed by atoms with Crippen LogP contribution >= 0.6 is 21.6 Å². The molecule has 0 radical (unpaired) electrons. The highest BCUT2D eigenvalue weighted by atomic mass is 33.1. The van der Waals surface area contributed by atoms with Gasteiger partial charge in [-0.3, -0.25) is 0 Å². The van der Waals surface area contributed by atoms with Crippen molar-refractivity contribution < 1.29 is 17.6 Å². The summed E-state index contributed by atoms with van der Waals surface area (Å²) in [5.41, 5.74) is 9.84. The van der Waals surface area contributed by atoms with E-state index in [1.165, 1.54) is 24.3 Å². The Morgan fingerprint density at radius 2 is 0.590 bits per heavy atom. The van der Waals surface area contributed by atoms with Crippen LogP contribution in [-0.4, -0.2) is 11.5 Å². The molecule has 8 rings (SSSR count). The van der Waals surface area contributed by atoms with E-state index in [-0.39, 0.29) is 22.3 Å². The molecule has 8 aromatic carbocycles. The van der Waals surface area contributed by atoms with Crippen molar-refractivity contribution in [2.24, 2.45) is 0 Å². The van der Waals surface area contributed by atoms with Gasteiger partial charge in [-0.15, -0.1) is 0 Å². The van der Waals surface area contributed by atoms with E-state index in [2.05, 4.69) is 83.8 Å². The van der Waals surface area contributed by atoms with Crippen molar-refractivity contribution in [3.63, 3.8) is 0 Å². The summed E-state index contributed by atoms with van der Waals surface area (Å²) in [6.45, 7) is 12.2. The molecule has 78 heavy (non-hydrogen) atoms. The fraction of sp³-hybridized carbons (Fsp3) is 0.222. The van der Waals surface area contributed by atoms with Crippen LogP contribution in [0.1, 0.15) is 128 Å². The van der Waals surface area contributed by atoms with Crippen molar-refractivity contribution in [2.45, 2.75) is 90.9 Å². The average molecular weight is 1070 g/mol. The molecule has 0 N–H and O–H groups in total. The minimum atomic E-state index is -1.00. The van der Waals surface area contributed by atoms with E-state index in [4.69, 9.17) is 0 Å². The normalized spacial score (nSPS) is 11.1. The number of unbranched alkanes of at least 4 members (excludes halogenated alkanes) is 4. The van der Waals surface area contributed by atoms with E-state index < -0.39 is 34.1 Å². The molecule has 0 atom stereocenters. The Kier molecular flexibility index (Phi) is 19.3. The van der Waals surface area contributed by atoms with Crippen LogP contribution in [0, 0.1) is 112 Å². The van der Waals surface area contributed by atoms with Crippen molar-refractivity contribution in [3.8, 4) is 47.4 Å². The Morgan fingerprint density at radius 3 is 0.833 bits per heavy atom. The van der Waals surface area contributed by atoms with Gasteiger partial charge in [0.05, 0.1) is 11.1 Å². The SMILES string of the molecule is Cc1cccc(C(C#Cc2c(F)cc(C#CCCCCSSCCCCC#Cc3cc(F)c(C#CC(c4cccc(C)c4)(c4cccc(C)c4)c4cccc(C)c4)c(F)c3)cc2F)(c2cccc(C)c2)c2cccc(C)c2)c1. The van der Waals surface area contributed by atoms with Crippen LogP contribution < -0.4 is 0 Å². The van der Waals surface area contributed by atoms with Crippen molar-refractivity contribution in [1.82, 2.24) is 0 Å². The molecule has 0 heterocycles. The van der Waals surface area contributed by atoms with Crippen molar-refractivity contribution in [3.05, 3.63) is 282 Å². The molecule has 0 saturated heterocycles. The summed E-state index contributed by atoms with van der Waals surface area (Å²) in [4.78, 5) is 0. The van der Waals surface area contributed by atoms with Gasteiger partial charge >= 0.3 is 0 Å². The molecule has 0 aromatic heterocycles. The Balaban J connectivity index is 0.820. The lowest BCUT2D eigenvalue weighted by Crippen LogP contribution is -2.28. The molecule has 0 unspecified atom stereocenters. The largest absolute Gasteiger partial charge is 0.205 e. The Bertz CT molecular complexity index is 3200. The molecule has 0 saturated carbocycles. The molecule has 0 nitrogen and oxygen atoms in total. The predicted octanol–water partition coefficient (Wildman–Crippen LogP) is 18.0. The van der Waals surface area contributed by atoms with Crippen molar-refractivity contribution in [2.75, 3.05) is 11.5 Å². The van der Waals surface area contributed by atoms with E-state index in [1.807, 2.05) is 172 Å². The van der Waals surface area contributed by atoms with Crippen LogP contribution in [0.25, 0.3) is 0 Å². The minimum absolute atomic E-state index is 0.277. The van der Waals surface area contributed by atoms with E-state index >= 15 is 17.6 Å². The van der Waals surface area contributed by atoms with Crippen molar-refractivity contribution >= 4 is 21.6 Å². The third-order valence-corrected chi connectivity index (χ3v) is 16.2. The van der Waals surface area contributed by atoms with Crippen LogP contribution in [0.2, 0.25) is 0 Å². The molecule has 0 aliphatic rings. The summed E-state index contributed by atoms with van der Waals surface area (Å²) in [7, 11) is 3.62. The van der Waals surface area contributed by atoms with E-state index in [0.717, 1.165) is 104 Å². The molecule has 0 fully saturated rings. The highest BCUT2D eigenvalue weighted by Crippen LogP contribution is 2.42. The number of halogens is 4. The summed E-state index contributed by atoms with van der Waals surface area (Å²) in [5.74, 6) is 23.8. The molecule has 6 heteroatoms. The second-order valence-corrected chi connectivity index (χ2v) is 22.7. The van der Waals surface area contributed by atoms with Crippen LogP contribution in [0.5, 0.6) is 0 Å². The molecular formula is C72H62F4S2. The van der Waals surface area contributed by atoms with E-state index in [0.29, 0.717) is 12.8 Å². The van der Waals surface area contributed by atoms with Crippen molar-refractivity contribution in [1.29, 1.82) is 0 Å². The maximum atomic E-state index is 15.8. The van der Waals surface area contributed by atoms with Gasteiger partial charge in [-0.25, -0.2) is 17.6 Å².